The number of carboxylic acid groups (broad SMARTS) is 1. The predicted molar refractivity (Wildman–Crippen MR) is 73.8 cm³/mol. The van der Waals surface area contributed by atoms with Gasteiger partial charge in [0.2, 0.25) is 0 Å². The lowest BCUT2D eigenvalue weighted by atomic mass is 10.1. The quantitative estimate of drug-likeness (QED) is 0.913. The van der Waals surface area contributed by atoms with Crippen LogP contribution in [0.1, 0.15) is 31.5 Å². The minimum absolute atomic E-state index is 0.228. The van der Waals surface area contributed by atoms with Crippen molar-refractivity contribution < 1.29 is 14.6 Å². The maximum absolute atomic E-state index is 11.1. The monoisotopic (exact) mass is 277 g/mol. The Labute approximate surface area is 115 Å². The van der Waals surface area contributed by atoms with Gasteiger partial charge in [-0.15, -0.1) is 11.3 Å². The minimum Gasteiger partial charge on any atom is -0.477 e. The summed E-state index contributed by atoms with van der Waals surface area (Å²) in [6.45, 7) is 2.26. The third-order valence-electron chi connectivity index (χ3n) is 2.69. The van der Waals surface area contributed by atoms with Crippen molar-refractivity contribution in [3.8, 4) is 0 Å². The molecule has 0 atom stereocenters. The van der Waals surface area contributed by atoms with Crippen LogP contribution in [0.3, 0.4) is 0 Å². The zero-order valence-corrected chi connectivity index (χ0v) is 11.7. The Balaban J connectivity index is 2.23. The fourth-order valence-electron chi connectivity index (χ4n) is 1.76. The molecule has 1 aromatic heterocycles. The van der Waals surface area contributed by atoms with Crippen LogP contribution in [0.2, 0.25) is 0 Å². The van der Waals surface area contributed by atoms with Crippen molar-refractivity contribution in [1.82, 2.24) is 4.98 Å². The van der Waals surface area contributed by atoms with Crippen molar-refractivity contribution in [2.45, 2.75) is 20.0 Å². The number of aromatic carboxylic acids is 1. The Morgan fingerprint density at radius 2 is 2.05 bits per heavy atom. The van der Waals surface area contributed by atoms with Gasteiger partial charge in [-0.1, -0.05) is 29.8 Å². The maximum Gasteiger partial charge on any atom is 0.347 e. The van der Waals surface area contributed by atoms with Gasteiger partial charge in [0.05, 0.1) is 17.3 Å². The third kappa shape index (κ3) is 3.39. The predicted octanol–water partition coefficient (Wildman–Crippen LogP) is 2.89. The Morgan fingerprint density at radius 3 is 2.63 bits per heavy atom. The van der Waals surface area contributed by atoms with Gasteiger partial charge in [-0.05, 0) is 12.5 Å². The first-order valence-electron chi connectivity index (χ1n) is 5.86. The molecule has 0 aliphatic carbocycles. The molecule has 0 unspecified atom stereocenters. The van der Waals surface area contributed by atoms with Gasteiger partial charge >= 0.3 is 5.97 Å². The molecule has 2 rings (SSSR count). The van der Waals surface area contributed by atoms with E-state index in [4.69, 9.17) is 9.84 Å². The molecule has 1 aromatic carbocycles. The lowest BCUT2D eigenvalue weighted by Gasteiger charge is -1.98. The summed E-state index contributed by atoms with van der Waals surface area (Å²) in [6, 6.07) is 8.15. The molecule has 0 spiro atoms. The lowest BCUT2D eigenvalue weighted by molar-refractivity contribution is 0.0697. The fourth-order valence-corrected chi connectivity index (χ4v) is 2.70. The van der Waals surface area contributed by atoms with Crippen LogP contribution in [0.4, 0.5) is 0 Å². The molecule has 0 saturated heterocycles. The summed E-state index contributed by atoms with van der Waals surface area (Å²) in [4.78, 5) is 15.7. The molecule has 1 heterocycles. The van der Waals surface area contributed by atoms with Crippen LogP contribution in [0.5, 0.6) is 0 Å². The standard InChI is InChI=1S/C14H15NO3S/c1-9-3-5-10(6-4-9)7-12-15-11(8-18-2)13(19-12)14(16)17/h3-6H,7-8H2,1-2H3,(H,16,17). The van der Waals surface area contributed by atoms with Gasteiger partial charge in [0, 0.05) is 13.5 Å². The summed E-state index contributed by atoms with van der Waals surface area (Å²) in [6.07, 6.45) is 0.648. The van der Waals surface area contributed by atoms with Gasteiger partial charge in [0.15, 0.2) is 0 Å². The van der Waals surface area contributed by atoms with E-state index < -0.39 is 5.97 Å². The topological polar surface area (TPSA) is 59.4 Å². The van der Waals surface area contributed by atoms with E-state index in [0.29, 0.717) is 12.1 Å². The molecule has 0 bridgehead atoms. The van der Waals surface area contributed by atoms with Crippen LogP contribution in [0.15, 0.2) is 24.3 Å². The number of aryl methyl sites for hydroxylation is 1. The second-order valence-corrected chi connectivity index (χ2v) is 5.37. The van der Waals surface area contributed by atoms with Gasteiger partial charge in [-0.25, -0.2) is 9.78 Å². The molecule has 0 aliphatic heterocycles. The highest BCUT2D eigenvalue weighted by atomic mass is 32.1. The molecule has 100 valence electrons. The number of aromatic nitrogens is 1. The first kappa shape index (κ1) is 13.7. The minimum atomic E-state index is -0.945. The molecule has 5 heteroatoms. The van der Waals surface area contributed by atoms with E-state index in [-0.39, 0.29) is 11.5 Å². The number of hydrogen-bond donors (Lipinski definition) is 1. The molecule has 1 N–H and O–H groups in total. The normalized spacial score (nSPS) is 10.6. The third-order valence-corrected chi connectivity index (χ3v) is 3.78. The molecule has 19 heavy (non-hydrogen) atoms. The van der Waals surface area contributed by atoms with Crippen LogP contribution >= 0.6 is 11.3 Å². The van der Waals surface area contributed by atoms with E-state index in [1.165, 1.54) is 24.0 Å². The fraction of sp³-hybridized carbons (Fsp3) is 0.286. The summed E-state index contributed by atoms with van der Waals surface area (Å²) < 4.78 is 4.98. The van der Waals surface area contributed by atoms with Crippen LogP contribution in [-0.2, 0) is 17.8 Å². The molecule has 0 fully saturated rings. The number of thiazole rings is 1. The van der Waals surface area contributed by atoms with Crippen molar-refractivity contribution in [2.75, 3.05) is 7.11 Å². The highest BCUT2D eigenvalue weighted by molar-refractivity contribution is 7.13. The van der Waals surface area contributed by atoms with Gasteiger partial charge in [0.25, 0.3) is 0 Å². The summed E-state index contributed by atoms with van der Waals surface area (Å²) in [5.41, 5.74) is 2.83. The van der Waals surface area contributed by atoms with E-state index in [1.807, 2.05) is 31.2 Å². The summed E-state index contributed by atoms with van der Waals surface area (Å²) in [5, 5.41) is 9.92. The Hall–Kier alpha value is -1.72. The average Bonchev–Trinajstić information content (AvgIpc) is 2.76. The number of hydrogen-bond acceptors (Lipinski definition) is 4. The molecule has 0 amide bonds. The smallest absolute Gasteiger partial charge is 0.347 e. The number of benzene rings is 1. The van der Waals surface area contributed by atoms with Crippen LogP contribution in [0.25, 0.3) is 0 Å². The zero-order chi connectivity index (χ0) is 13.8. The van der Waals surface area contributed by atoms with Crippen molar-refractivity contribution in [3.05, 3.63) is 51.0 Å². The number of methoxy groups -OCH3 is 1. The van der Waals surface area contributed by atoms with Crippen molar-refractivity contribution in [3.63, 3.8) is 0 Å². The maximum atomic E-state index is 11.1. The van der Waals surface area contributed by atoms with Gasteiger partial charge in [-0.2, -0.15) is 0 Å². The molecule has 0 aliphatic rings. The number of carboxylic acids is 1. The summed E-state index contributed by atoms with van der Waals surface area (Å²) >= 11 is 1.22. The molecular weight excluding hydrogens is 262 g/mol. The average molecular weight is 277 g/mol. The van der Waals surface area contributed by atoms with Crippen molar-refractivity contribution in [1.29, 1.82) is 0 Å². The van der Waals surface area contributed by atoms with Crippen molar-refractivity contribution >= 4 is 17.3 Å². The molecule has 4 nitrogen and oxygen atoms in total. The number of ether oxygens (including phenoxy) is 1. The largest absolute Gasteiger partial charge is 0.477 e. The summed E-state index contributed by atoms with van der Waals surface area (Å²) in [5.74, 6) is -0.945. The second kappa shape index (κ2) is 5.95. The number of carbonyl (C=O) groups is 1. The van der Waals surface area contributed by atoms with E-state index in [2.05, 4.69) is 4.98 Å². The van der Waals surface area contributed by atoms with E-state index in [1.54, 1.807) is 0 Å². The van der Waals surface area contributed by atoms with Crippen LogP contribution < -0.4 is 0 Å². The first-order chi connectivity index (χ1) is 9.10. The van der Waals surface area contributed by atoms with Crippen LogP contribution in [-0.4, -0.2) is 23.2 Å². The molecule has 0 saturated carbocycles. The number of nitrogens with zero attached hydrogens (tertiary/aromatic N) is 1. The van der Waals surface area contributed by atoms with Crippen LogP contribution in [0, 0.1) is 6.92 Å². The lowest BCUT2D eigenvalue weighted by Crippen LogP contribution is -1.99. The zero-order valence-electron chi connectivity index (χ0n) is 10.8. The molecule has 2 aromatic rings. The summed E-state index contributed by atoms with van der Waals surface area (Å²) in [7, 11) is 1.53. The Kier molecular flexibility index (Phi) is 4.29. The molecule has 0 radical (unpaired) electrons. The Morgan fingerprint density at radius 1 is 1.37 bits per heavy atom. The van der Waals surface area contributed by atoms with E-state index >= 15 is 0 Å². The van der Waals surface area contributed by atoms with E-state index in [9.17, 15) is 4.79 Å². The highest BCUT2D eigenvalue weighted by Crippen LogP contribution is 2.22. The highest BCUT2D eigenvalue weighted by Gasteiger charge is 2.17. The first-order valence-corrected chi connectivity index (χ1v) is 6.68. The van der Waals surface area contributed by atoms with Crippen molar-refractivity contribution in [2.24, 2.45) is 0 Å². The number of rotatable bonds is 5. The molecular formula is C14H15NO3S. The van der Waals surface area contributed by atoms with Gasteiger partial charge < -0.3 is 9.84 Å². The van der Waals surface area contributed by atoms with Gasteiger partial charge in [-0.3, -0.25) is 0 Å². The Bertz CT molecular complexity index is 575. The van der Waals surface area contributed by atoms with Gasteiger partial charge in [0.1, 0.15) is 4.88 Å². The second-order valence-electron chi connectivity index (χ2n) is 4.28. The SMILES string of the molecule is COCc1nc(Cc2ccc(C)cc2)sc1C(=O)O. The van der Waals surface area contributed by atoms with E-state index in [0.717, 1.165) is 10.6 Å².